The van der Waals surface area contributed by atoms with E-state index in [0.29, 0.717) is 19.3 Å². The quantitative estimate of drug-likeness (QED) is 0.472. The van der Waals surface area contributed by atoms with Crippen molar-refractivity contribution in [1.29, 1.82) is 0 Å². The summed E-state index contributed by atoms with van der Waals surface area (Å²) in [6.07, 6.45) is 3.42. The molecule has 1 saturated carbocycles. The second kappa shape index (κ2) is 6.37. The number of carbonyl (C=O) groups excluding carboxylic acids is 2. The fraction of sp³-hybridized carbons (Fsp3) is 0.875. The largest absolute Gasteiger partial charge is 0.463 e. The minimum absolute atomic E-state index is 0.0288. The lowest BCUT2D eigenvalue weighted by molar-refractivity contribution is -0.158. The molecule has 6 unspecified atom stereocenters. The number of hydrogen-bond acceptors (Lipinski definition) is 7. The summed E-state index contributed by atoms with van der Waals surface area (Å²) in [7, 11) is 0. The Labute approximate surface area is 134 Å². The van der Waals surface area contributed by atoms with Crippen molar-refractivity contribution in [3.8, 4) is 0 Å². The van der Waals surface area contributed by atoms with Crippen molar-refractivity contribution >= 4 is 11.9 Å². The second-order valence-electron chi connectivity index (χ2n) is 6.82. The maximum Gasteiger partial charge on any atom is 0.309 e. The highest BCUT2D eigenvalue weighted by Crippen LogP contribution is 2.43. The number of carbonyl (C=O) groups is 2. The smallest absolute Gasteiger partial charge is 0.309 e. The molecular formula is C16H22O7. The van der Waals surface area contributed by atoms with E-state index in [1.54, 1.807) is 0 Å². The van der Waals surface area contributed by atoms with Gasteiger partial charge in [0.05, 0.1) is 37.8 Å². The summed E-state index contributed by atoms with van der Waals surface area (Å²) >= 11 is 0. The molecule has 6 atom stereocenters. The number of rotatable bonds is 8. The molecule has 0 bridgehead atoms. The molecule has 0 spiro atoms. The lowest BCUT2D eigenvalue weighted by Crippen LogP contribution is -2.32. The van der Waals surface area contributed by atoms with Gasteiger partial charge in [-0.15, -0.1) is 0 Å². The summed E-state index contributed by atoms with van der Waals surface area (Å²) in [6.45, 7) is 1.83. The van der Waals surface area contributed by atoms with Crippen LogP contribution in [0.4, 0.5) is 0 Å². The van der Waals surface area contributed by atoms with Gasteiger partial charge in [-0.3, -0.25) is 9.59 Å². The van der Waals surface area contributed by atoms with Crippen molar-refractivity contribution in [2.75, 3.05) is 26.4 Å². The molecule has 4 rings (SSSR count). The first-order chi connectivity index (χ1) is 11.2. The van der Waals surface area contributed by atoms with E-state index in [1.165, 1.54) is 0 Å². The first kappa shape index (κ1) is 15.4. The van der Waals surface area contributed by atoms with Crippen molar-refractivity contribution in [2.45, 2.75) is 50.1 Å². The Balaban J connectivity index is 1.32. The summed E-state index contributed by atoms with van der Waals surface area (Å²) in [5.41, 5.74) is 0. The lowest BCUT2D eigenvalue weighted by Gasteiger charge is -2.26. The number of hydrogen-bond donors (Lipinski definition) is 0. The fourth-order valence-corrected chi connectivity index (χ4v) is 3.28. The maximum atomic E-state index is 12.4. The van der Waals surface area contributed by atoms with Gasteiger partial charge < -0.3 is 23.7 Å². The van der Waals surface area contributed by atoms with E-state index in [-0.39, 0.29) is 55.8 Å². The van der Waals surface area contributed by atoms with Crippen molar-refractivity contribution in [1.82, 2.24) is 0 Å². The highest BCUT2D eigenvalue weighted by molar-refractivity contribution is 5.80. The van der Waals surface area contributed by atoms with Crippen LogP contribution in [0.1, 0.15) is 25.7 Å². The Hall–Kier alpha value is -1.18. The van der Waals surface area contributed by atoms with Crippen LogP contribution in [-0.4, -0.2) is 62.8 Å². The molecule has 128 valence electrons. The van der Waals surface area contributed by atoms with Crippen LogP contribution in [0.5, 0.6) is 0 Å². The van der Waals surface area contributed by atoms with E-state index in [0.717, 1.165) is 19.3 Å². The predicted molar refractivity (Wildman–Crippen MR) is 75.5 cm³/mol. The Morgan fingerprint density at radius 1 is 1.00 bits per heavy atom. The lowest BCUT2D eigenvalue weighted by atomic mass is 9.78. The van der Waals surface area contributed by atoms with E-state index in [9.17, 15) is 9.59 Å². The molecule has 1 aliphatic carbocycles. The zero-order chi connectivity index (χ0) is 15.8. The molecule has 3 aliphatic heterocycles. The average molecular weight is 326 g/mol. The van der Waals surface area contributed by atoms with Gasteiger partial charge in [-0.2, -0.15) is 0 Å². The van der Waals surface area contributed by atoms with E-state index in [2.05, 4.69) is 0 Å². The van der Waals surface area contributed by atoms with Gasteiger partial charge in [-0.25, -0.2) is 0 Å². The number of ether oxygens (including phenoxy) is 5. The van der Waals surface area contributed by atoms with Crippen LogP contribution in [0.15, 0.2) is 0 Å². The van der Waals surface area contributed by atoms with Gasteiger partial charge >= 0.3 is 11.9 Å². The van der Waals surface area contributed by atoms with Gasteiger partial charge in [0.2, 0.25) is 0 Å². The molecule has 4 fully saturated rings. The van der Waals surface area contributed by atoms with Gasteiger partial charge in [0.1, 0.15) is 25.4 Å². The van der Waals surface area contributed by atoms with E-state index in [1.807, 2.05) is 0 Å². The molecule has 23 heavy (non-hydrogen) atoms. The van der Waals surface area contributed by atoms with Crippen LogP contribution in [0.2, 0.25) is 0 Å². The molecule has 4 aliphatic rings. The zero-order valence-electron chi connectivity index (χ0n) is 13.0. The third kappa shape index (κ3) is 4.22. The SMILES string of the molecule is O=C(CC(C(=O)OCC1CO1)C1CCC2OC2C1)OCC1CO1. The highest BCUT2D eigenvalue weighted by Gasteiger charge is 2.47. The molecule has 0 aromatic heterocycles. The average Bonchev–Trinajstić information content (AvgIpc) is 3.40. The molecule has 7 nitrogen and oxygen atoms in total. The van der Waals surface area contributed by atoms with Crippen LogP contribution < -0.4 is 0 Å². The van der Waals surface area contributed by atoms with Gasteiger partial charge in [0, 0.05) is 0 Å². The zero-order valence-corrected chi connectivity index (χ0v) is 13.0. The second-order valence-corrected chi connectivity index (χ2v) is 6.82. The highest BCUT2D eigenvalue weighted by atomic mass is 16.6. The van der Waals surface area contributed by atoms with Crippen LogP contribution in [-0.2, 0) is 33.3 Å². The van der Waals surface area contributed by atoms with Crippen molar-refractivity contribution < 1.29 is 33.3 Å². The summed E-state index contributed by atoms with van der Waals surface area (Å²) in [5, 5.41) is 0. The van der Waals surface area contributed by atoms with Crippen LogP contribution in [0.3, 0.4) is 0 Å². The molecule has 7 heteroatoms. The molecular weight excluding hydrogens is 304 g/mol. The Bertz CT molecular complexity index is 471. The number of esters is 2. The minimum atomic E-state index is -0.452. The normalized spacial score (nSPS) is 38.2. The maximum absolute atomic E-state index is 12.4. The summed E-state index contributed by atoms with van der Waals surface area (Å²) in [6, 6.07) is 0. The minimum Gasteiger partial charge on any atom is -0.463 e. The van der Waals surface area contributed by atoms with Gasteiger partial charge in [-0.1, -0.05) is 0 Å². The molecule has 0 aromatic rings. The predicted octanol–water partition coefficient (Wildman–Crippen LogP) is 0.444. The molecule has 0 aromatic carbocycles. The number of fused-ring (bicyclic) bond motifs is 1. The van der Waals surface area contributed by atoms with E-state index >= 15 is 0 Å². The molecule has 3 saturated heterocycles. The summed E-state index contributed by atoms with van der Waals surface area (Å²) in [5.74, 6) is -1.00. The van der Waals surface area contributed by atoms with E-state index < -0.39 is 5.92 Å². The monoisotopic (exact) mass is 326 g/mol. The Kier molecular flexibility index (Phi) is 4.26. The van der Waals surface area contributed by atoms with Crippen molar-refractivity contribution in [2.24, 2.45) is 11.8 Å². The van der Waals surface area contributed by atoms with Gasteiger partial charge in [0.25, 0.3) is 0 Å². The van der Waals surface area contributed by atoms with Crippen molar-refractivity contribution in [3.63, 3.8) is 0 Å². The molecule has 0 radical (unpaired) electrons. The first-order valence-electron chi connectivity index (χ1n) is 8.40. The summed E-state index contributed by atoms with van der Waals surface area (Å²) < 4.78 is 26.1. The van der Waals surface area contributed by atoms with Gasteiger partial charge in [-0.05, 0) is 25.2 Å². The van der Waals surface area contributed by atoms with Crippen LogP contribution in [0, 0.1) is 11.8 Å². The standard InChI is InChI=1S/C16H22O7/c17-15(21-7-10-5-19-10)4-12(16(18)22-8-11-6-20-11)9-1-2-13-14(3-9)23-13/h9-14H,1-8H2. The van der Waals surface area contributed by atoms with Gasteiger partial charge in [0.15, 0.2) is 0 Å². The Morgan fingerprint density at radius 3 is 2.35 bits per heavy atom. The third-order valence-corrected chi connectivity index (χ3v) is 4.95. The van der Waals surface area contributed by atoms with E-state index in [4.69, 9.17) is 23.7 Å². The molecule has 3 heterocycles. The third-order valence-electron chi connectivity index (χ3n) is 4.95. The fourth-order valence-electron chi connectivity index (χ4n) is 3.28. The molecule has 0 N–H and O–H groups in total. The Morgan fingerprint density at radius 2 is 1.70 bits per heavy atom. The molecule has 0 amide bonds. The first-order valence-corrected chi connectivity index (χ1v) is 8.40. The number of epoxide rings is 3. The van der Waals surface area contributed by atoms with Crippen LogP contribution >= 0.6 is 0 Å². The van der Waals surface area contributed by atoms with Crippen LogP contribution in [0.25, 0.3) is 0 Å². The van der Waals surface area contributed by atoms with Crippen molar-refractivity contribution in [3.05, 3.63) is 0 Å². The topological polar surface area (TPSA) is 90.2 Å². The summed E-state index contributed by atoms with van der Waals surface area (Å²) in [4.78, 5) is 24.5.